The lowest BCUT2D eigenvalue weighted by Crippen LogP contribution is -2.20. The number of hydrogen-bond donors (Lipinski definition) is 0. The van der Waals surface area contributed by atoms with E-state index in [0.29, 0.717) is 5.92 Å². The molecule has 0 aliphatic carbocycles. The van der Waals surface area contributed by atoms with E-state index in [0.717, 1.165) is 31.7 Å². The van der Waals surface area contributed by atoms with Gasteiger partial charge in [0.05, 0.1) is 5.69 Å². The number of likely N-dealkylation sites (tertiary alicyclic amines) is 1. The van der Waals surface area contributed by atoms with Crippen molar-refractivity contribution in [1.82, 2.24) is 9.88 Å². The third-order valence-electron chi connectivity index (χ3n) is 2.42. The van der Waals surface area contributed by atoms with Gasteiger partial charge in [0.25, 0.3) is 0 Å². The molecular formula is C11H14N2. The van der Waals surface area contributed by atoms with Gasteiger partial charge in [-0.3, -0.25) is 9.88 Å². The van der Waals surface area contributed by atoms with Crippen LogP contribution in [-0.2, 0) is 6.54 Å². The number of rotatable bonds is 2. The summed E-state index contributed by atoms with van der Waals surface area (Å²) in [5.41, 5.74) is 1.14. The molecule has 1 aliphatic heterocycles. The Hall–Kier alpha value is -0.890. The summed E-state index contributed by atoms with van der Waals surface area (Å²) in [6.07, 6.45) is 2.96. The van der Waals surface area contributed by atoms with Crippen LogP contribution >= 0.6 is 0 Å². The van der Waals surface area contributed by atoms with Crippen molar-refractivity contribution in [3.63, 3.8) is 0 Å². The minimum absolute atomic E-state index is 0.365. The predicted octanol–water partition coefficient (Wildman–Crippen LogP) is 1.61. The van der Waals surface area contributed by atoms with E-state index in [1.165, 1.54) is 0 Å². The number of nitrogens with zero attached hydrogens (tertiary/aromatic N) is 2. The van der Waals surface area contributed by atoms with Crippen molar-refractivity contribution in [3.05, 3.63) is 37.0 Å². The van der Waals surface area contributed by atoms with Gasteiger partial charge in [-0.05, 0) is 37.9 Å². The summed E-state index contributed by atoms with van der Waals surface area (Å²) in [5, 5.41) is 0. The second-order valence-corrected chi connectivity index (χ2v) is 3.60. The zero-order valence-corrected chi connectivity index (χ0v) is 7.69. The van der Waals surface area contributed by atoms with Gasteiger partial charge < -0.3 is 0 Å². The van der Waals surface area contributed by atoms with Crippen LogP contribution in [0.25, 0.3) is 0 Å². The number of hydrogen-bond acceptors (Lipinski definition) is 2. The molecule has 1 aromatic rings. The Balaban J connectivity index is 1.92. The molecular weight excluding hydrogens is 160 g/mol. The van der Waals surface area contributed by atoms with Crippen LogP contribution in [0.1, 0.15) is 12.1 Å². The molecule has 0 amide bonds. The van der Waals surface area contributed by atoms with Gasteiger partial charge in [-0.25, -0.2) is 0 Å². The average Bonchev–Trinajstić information content (AvgIpc) is 2.53. The van der Waals surface area contributed by atoms with Crippen LogP contribution in [0.3, 0.4) is 0 Å². The van der Waals surface area contributed by atoms with Crippen LogP contribution < -0.4 is 0 Å². The maximum atomic E-state index is 5.82. The first kappa shape index (κ1) is 8.70. The monoisotopic (exact) mass is 174 g/mol. The topological polar surface area (TPSA) is 16.1 Å². The summed E-state index contributed by atoms with van der Waals surface area (Å²) < 4.78 is 0. The molecule has 0 N–H and O–H groups in total. The van der Waals surface area contributed by atoms with Crippen molar-refractivity contribution in [2.45, 2.75) is 13.0 Å². The second-order valence-electron chi connectivity index (χ2n) is 3.60. The van der Waals surface area contributed by atoms with Crippen molar-refractivity contribution < 1.29 is 0 Å². The Morgan fingerprint density at radius 3 is 3.08 bits per heavy atom. The van der Waals surface area contributed by atoms with Crippen molar-refractivity contribution in [1.29, 1.82) is 0 Å². The highest BCUT2D eigenvalue weighted by atomic mass is 15.1. The third kappa shape index (κ3) is 2.28. The second kappa shape index (κ2) is 3.88. The van der Waals surface area contributed by atoms with E-state index >= 15 is 0 Å². The lowest BCUT2D eigenvalue weighted by Gasteiger charge is -2.13. The fourth-order valence-electron chi connectivity index (χ4n) is 1.73. The van der Waals surface area contributed by atoms with Gasteiger partial charge in [0.15, 0.2) is 0 Å². The van der Waals surface area contributed by atoms with E-state index in [9.17, 15) is 0 Å². The highest BCUT2D eigenvalue weighted by Gasteiger charge is 2.18. The molecule has 68 valence electrons. The highest BCUT2D eigenvalue weighted by molar-refractivity contribution is 5.03. The highest BCUT2D eigenvalue weighted by Crippen LogP contribution is 2.16. The van der Waals surface area contributed by atoms with E-state index in [2.05, 4.69) is 16.0 Å². The van der Waals surface area contributed by atoms with Crippen molar-refractivity contribution >= 4 is 0 Å². The third-order valence-corrected chi connectivity index (χ3v) is 2.42. The Bertz CT molecular complexity index is 258. The molecule has 1 aromatic heterocycles. The van der Waals surface area contributed by atoms with Crippen LogP contribution in [0.5, 0.6) is 0 Å². The van der Waals surface area contributed by atoms with Crippen LogP contribution in [-0.4, -0.2) is 23.0 Å². The maximum absolute atomic E-state index is 5.82. The summed E-state index contributed by atoms with van der Waals surface area (Å²) in [6.45, 7) is 8.88. The molecule has 13 heavy (non-hydrogen) atoms. The molecule has 0 bridgehead atoms. The van der Waals surface area contributed by atoms with Gasteiger partial charge >= 0.3 is 0 Å². The molecule has 1 unspecified atom stereocenters. The SMILES string of the molecule is [CH]C1CCN(Cc2ccccn2)C1. The molecule has 1 saturated heterocycles. The van der Waals surface area contributed by atoms with E-state index < -0.39 is 0 Å². The predicted molar refractivity (Wildman–Crippen MR) is 51.9 cm³/mol. The van der Waals surface area contributed by atoms with Crippen LogP contribution in [0, 0.1) is 12.8 Å². The first-order valence-electron chi connectivity index (χ1n) is 4.72. The lowest BCUT2D eigenvalue weighted by atomic mass is 10.2. The summed E-state index contributed by atoms with van der Waals surface area (Å²) in [6, 6.07) is 6.03. The minimum Gasteiger partial charge on any atom is -0.297 e. The summed E-state index contributed by atoms with van der Waals surface area (Å²) >= 11 is 0. The quantitative estimate of drug-likeness (QED) is 0.677. The molecule has 2 radical (unpaired) electrons. The normalized spacial score (nSPS) is 23.6. The van der Waals surface area contributed by atoms with E-state index in [1.807, 2.05) is 18.3 Å². The smallest absolute Gasteiger partial charge is 0.0543 e. The van der Waals surface area contributed by atoms with Crippen molar-refractivity contribution in [2.75, 3.05) is 13.1 Å². The molecule has 2 nitrogen and oxygen atoms in total. The van der Waals surface area contributed by atoms with Gasteiger partial charge in [-0.15, -0.1) is 0 Å². The Labute approximate surface area is 79.6 Å². The lowest BCUT2D eigenvalue weighted by molar-refractivity contribution is 0.320. The van der Waals surface area contributed by atoms with Crippen molar-refractivity contribution in [2.24, 2.45) is 5.92 Å². The molecule has 2 heterocycles. The molecule has 1 atom stereocenters. The minimum atomic E-state index is 0.365. The molecule has 1 fully saturated rings. The van der Waals surface area contributed by atoms with E-state index in [4.69, 9.17) is 6.92 Å². The summed E-state index contributed by atoms with van der Waals surface area (Å²) in [4.78, 5) is 6.64. The van der Waals surface area contributed by atoms with E-state index in [1.54, 1.807) is 0 Å². The summed E-state index contributed by atoms with van der Waals surface area (Å²) in [5.74, 6) is 0.365. The van der Waals surface area contributed by atoms with Crippen LogP contribution in [0.15, 0.2) is 24.4 Å². The molecule has 2 heteroatoms. The molecule has 0 aromatic carbocycles. The van der Waals surface area contributed by atoms with Gasteiger partial charge in [-0.1, -0.05) is 6.07 Å². The van der Waals surface area contributed by atoms with Gasteiger partial charge in [0.2, 0.25) is 0 Å². The van der Waals surface area contributed by atoms with Gasteiger partial charge in [-0.2, -0.15) is 0 Å². The van der Waals surface area contributed by atoms with E-state index in [-0.39, 0.29) is 0 Å². The van der Waals surface area contributed by atoms with Gasteiger partial charge in [0, 0.05) is 19.3 Å². The fourth-order valence-corrected chi connectivity index (χ4v) is 1.73. The zero-order valence-electron chi connectivity index (χ0n) is 7.69. The number of aromatic nitrogens is 1. The molecule has 1 aliphatic rings. The number of pyridine rings is 1. The summed E-state index contributed by atoms with van der Waals surface area (Å²) in [7, 11) is 0. The first-order valence-corrected chi connectivity index (χ1v) is 4.72. The Kier molecular flexibility index (Phi) is 2.60. The largest absolute Gasteiger partial charge is 0.297 e. The maximum Gasteiger partial charge on any atom is 0.0543 e. The first-order chi connectivity index (χ1) is 6.34. The Morgan fingerprint density at radius 2 is 2.46 bits per heavy atom. The van der Waals surface area contributed by atoms with Gasteiger partial charge in [0.1, 0.15) is 0 Å². The van der Waals surface area contributed by atoms with Crippen LogP contribution in [0.2, 0.25) is 0 Å². The molecule has 0 saturated carbocycles. The van der Waals surface area contributed by atoms with Crippen LogP contribution in [0.4, 0.5) is 0 Å². The fraction of sp³-hybridized carbons (Fsp3) is 0.455. The Morgan fingerprint density at radius 1 is 1.54 bits per heavy atom. The standard InChI is InChI=1S/C11H14N2/c1-10-5-7-13(8-10)9-11-4-2-3-6-12-11/h1-4,6,10H,5,7-9H2. The molecule has 0 spiro atoms. The molecule has 2 rings (SSSR count). The van der Waals surface area contributed by atoms with Crippen molar-refractivity contribution in [3.8, 4) is 0 Å². The zero-order chi connectivity index (χ0) is 9.10. The average molecular weight is 174 g/mol.